The van der Waals surface area contributed by atoms with Gasteiger partial charge in [-0.1, -0.05) is 147 Å². The maximum absolute atomic E-state index is 13.0. The first-order valence-corrected chi connectivity index (χ1v) is 20.5. The van der Waals surface area contributed by atoms with E-state index in [1.165, 1.54) is 135 Å². The van der Waals surface area contributed by atoms with Crippen LogP contribution in [0, 0.1) is 0 Å². The minimum atomic E-state index is -0.574. The largest absolute Gasteiger partial charge is 0.354 e. The van der Waals surface area contributed by atoms with E-state index in [-0.39, 0.29) is 11.8 Å². The van der Waals surface area contributed by atoms with E-state index in [0.717, 1.165) is 44.2 Å². The molecular formula is C42H76N4O2. The zero-order chi connectivity index (χ0) is 34.6. The number of aromatic amines is 1. The number of nitrogens with one attached hydrogen (secondary N) is 3. The maximum Gasteiger partial charge on any atom is 0.242 e. The smallest absolute Gasteiger partial charge is 0.242 e. The molecule has 0 radical (unpaired) electrons. The Bertz CT molecular complexity index is 895. The minimum absolute atomic E-state index is 0.0375. The normalized spacial score (nSPS) is 12.3. The Morgan fingerprint density at radius 3 is 1.52 bits per heavy atom. The highest BCUT2D eigenvalue weighted by Gasteiger charge is 2.21. The highest BCUT2D eigenvalue weighted by molar-refractivity contribution is 5.87. The van der Waals surface area contributed by atoms with Crippen LogP contribution in [-0.2, 0) is 16.0 Å². The van der Waals surface area contributed by atoms with E-state index >= 15 is 0 Å². The van der Waals surface area contributed by atoms with Crippen LogP contribution in [0.15, 0.2) is 36.8 Å². The van der Waals surface area contributed by atoms with E-state index < -0.39 is 6.04 Å². The van der Waals surface area contributed by atoms with Crippen LogP contribution >= 0.6 is 0 Å². The van der Waals surface area contributed by atoms with Gasteiger partial charge in [-0.05, 0) is 64.2 Å². The van der Waals surface area contributed by atoms with Crippen molar-refractivity contribution in [1.29, 1.82) is 0 Å². The number of aromatic nitrogens is 2. The monoisotopic (exact) mass is 669 g/mol. The van der Waals surface area contributed by atoms with Crippen LogP contribution < -0.4 is 10.6 Å². The van der Waals surface area contributed by atoms with Gasteiger partial charge in [0.05, 0.1) is 6.33 Å². The molecule has 0 spiro atoms. The topological polar surface area (TPSA) is 86.9 Å². The quantitative estimate of drug-likeness (QED) is 0.0497. The van der Waals surface area contributed by atoms with Crippen molar-refractivity contribution in [2.75, 3.05) is 6.54 Å². The van der Waals surface area contributed by atoms with Gasteiger partial charge in [-0.2, -0.15) is 0 Å². The molecular weight excluding hydrogens is 592 g/mol. The molecule has 0 saturated carbocycles. The second-order valence-corrected chi connectivity index (χ2v) is 14.0. The van der Waals surface area contributed by atoms with E-state index in [1.807, 2.05) is 0 Å². The molecule has 48 heavy (non-hydrogen) atoms. The molecule has 1 heterocycles. The molecule has 6 nitrogen and oxygen atoms in total. The molecule has 0 aliphatic heterocycles. The first-order valence-electron chi connectivity index (χ1n) is 20.5. The van der Waals surface area contributed by atoms with Crippen molar-refractivity contribution >= 4 is 11.8 Å². The summed E-state index contributed by atoms with van der Waals surface area (Å²) in [5.41, 5.74) is 0.855. The molecule has 1 rings (SSSR count). The molecule has 0 aliphatic carbocycles. The Morgan fingerprint density at radius 2 is 1.06 bits per heavy atom. The van der Waals surface area contributed by atoms with Gasteiger partial charge in [0.15, 0.2) is 0 Å². The average Bonchev–Trinajstić information content (AvgIpc) is 3.60. The van der Waals surface area contributed by atoms with Crippen molar-refractivity contribution in [2.45, 2.75) is 206 Å². The Kier molecular flexibility index (Phi) is 31.4. The molecule has 0 saturated heterocycles. The minimum Gasteiger partial charge on any atom is -0.354 e. The molecule has 1 aromatic heterocycles. The number of nitrogens with zero attached hydrogens (tertiary/aromatic N) is 1. The second kappa shape index (κ2) is 34.5. The lowest BCUT2D eigenvalue weighted by molar-refractivity contribution is -0.129. The Hall–Kier alpha value is -2.37. The molecule has 2 amide bonds. The Labute approximate surface area is 296 Å². The van der Waals surface area contributed by atoms with Gasteiger partial charge in [0.25, 0.3) is 0 Å². The third-order valence-corrected chi connectivity index (χ3v) is 9.28. The summed E-state index contributed by atoms with van der Waals surface area (Å²) in [4.78, 5) is 32.9. The van der Waals surface area contributed by atoms with Crippen molar-refractivity contribution in [2.24, 2.45) is 0 Å². The van der Waals surface area contributed by atoms with Crippen molar-refractivity contribution in [1.82, 2.24) is 20.6 Å². The first kappa shape index (κ1) is 43.7. The lowest BCUT2D eigenvalue weighted by atomic mass is 10.1. The van der Waals surface area contributed by atoms with Gasteiger partial charge < -0.3 is 15.6 Å². The Morgan fingerprint density at radius 1 is 0.625 bits per heavy atom. The second-order valence-electron chi connectivity index (χ2n) is 14.0. The van der Waals surface area contributed by atoms with Crippen molar-refractivity contribution in [3.8, 4) is 0 Å². The fourth-order valence-electron chi connectivity index (χ4n) is 6.16. The highest BCUT2D eigenvalue weighted by atomic mass is 16.2. The summed E-state index contributed by atoms with van der Waals surface area (Å²) >= 11 is 0. The van der Waals surface area contributed by atoms with Gasteiger partial charge in [0.2, 0.25) is 11.8 Å². The van der Waals surface area contributed by atoms with Gasteiger partial charge in [0, 0.05) is 31.3 Å². The zero-order valence-electron chi connectivity index (χ0n) is 31.5. The van der Waals surface area contributed by atoms with Gasteiger partial charge >= 0.3 is 0 Å². The van der Waals surface area contributed by atoms with E-state index in [0.29, 0.717) is 19.4 Å². The van der Waals surface area contributed by atoms with Crippen LogP contribution in [0.4, 0.5) is 0 Å². The fourth-order valence-corrected chi connectivity index (χ4v) is 6.16. The summed E-state index contributed by atoms with van der Waals surface area (Å²) in [6.07, 6.45) is 47.6. The molecule has 1 aromatic rings. The fraction of sp³-hybridized carbons (Fsp3) is 0.786. The predicted octanol–water partition coefficient (Wildman–Crippen LogP) is 11.6. The SMILES string of the molecule is CCCCCCCCC=CCCCCCCCCNC(=O)C(Cc1cnc[nH]1)NC(=O)CCCCCCCC=CCCCCCCCC. The number of rotatable bonds is 35. The van der Waals surface area contributed by atoms with Crippen LogP contribution in [0.3, 0.4) is 0 Å². The molecule has 0 aromatic carbocycles. The molecule has 276 valence electrons. The van der Waals surface area contributed by atoms with Crippen LogP contribution in [0.2, 0.25) is 0 Å². The lowest BCUT2D eigenvalue weighted by Gasteiger charge is -2.18. The number of hydrogen-bond acceptors (Lipinski definition) is 3. The lowest BCUT2D eigenvalue weighted by Crippen LogP contribution is -2.48. The van der Waals surface area contributed by atoms with E-state index in [2.05, 4.69) is 58.8 Å². The van der Waals surface area contributed by atoms with E-state index in [9.17, 15) is 9.59 Å². The van der Waals surface area contributed by atoms with Crippen molar-refractivity contribution < 1.29 is 9.59 Å². The van der Waals surface area contributed by atoms with Gasteiger partial charge in [-0.25, -0.2) is 4.98 Å². The van der Waals surface area contributed by atoms with E-state index in [4.69, 9.17) is 0 Å². The molecule has 0 bridgehead atoms. The molecule has 1 atom stereocenters. The summed E-state index contributed by atoms with van der Waals surface area (Å²) in [5, 5.41) is 6.07. The number of allylic oxidation sites excluding steroid dienone is 4. The van der Waals surface area contributed by atoms with Crippen LogP contribution in [0.5, 0.6) is 0 Å². The first-order chi connectivity index (χ1) is 23.7. The Balaban J connectivity index is 2.09. The van der Waals surface area contributed by atoms with Crippen LogP contribution in [0.25, 0.3) is 0 Å². The number of hydrogen-bond donors (Lipinski definition) is 3. The summed E-state index contributed by atoms with van der Waals surface area (Å²) in [7, 11) is 0. The number of imidazole rings is 1. The zero-order valence-corrected chi connectivity index (χ0v) is 31.5. The van der Waals surface area contributed by atoms with Crippen molar-refractivity contribution in [3.63, 3.8) is 0 Å². The summed E-state index contributed by atoms with van der Waals surface area (Å²) < 4.78 is 0. The summed E-state index contributed by atoms with van der Waals surface area (Å²) in [6.45, 7) is 5.20. The summed E-state index contributed by atoms with van der Waals surface area (Å²) in [6, 6.07) is -0.574. The third-order valence-electron chi connectivity index (χ3n) is 9.28. The molecule has 3 N–H and O–H groups in total. The number of carbonyl (C=O) groups excluding carboxylic acids is 2. The predicted molar refractivity (Wildman–Crippen MR) is 206 cm³/mol. The van der Waals surface area contributed by atoms with Crippen LogP contribution in [0.1, 0.15) is 199 Å². The average molecular weight is 669 g/mol. The molecule has 1 unspecified atom stereocenters. The van der Waals surface area contributed by atoms with Crippen LogP contribution in [-0.4, -0.2) is 34.4 Å². The highest BCUT2D eigenvalue weighted by Crippen LogP contribution is 2.12. The molecule has 0 fully saturated rings. The van der Waals surface area contributed by atoms with E-state index in [1.54, 1.807) is 12.5 Å². The number of H-pyrrole nitrogens is 1. The van der Waals surface area contributed by atoms with Gasteiger partial charge in [0.1, 0.15) is 6.04 Å². The van der Waals surface area contributed by atoms with Gasteiger partial charge in [-0.15, -0.1) is 0 Å². The number of amides is 2. The third kappa shape index (κ3) is 28.6. The van der Waals surface area contributed by atoms with Crippen molar-refractivity contribution in [3.05, 3.63) is 42.5 Å². The molecule has 6 heteroatoms. The number of carbonyl (C=O) groups is 2. The summed E-state index contributed by atoms with van der Waals surface area (Å²) in [5.74, 6) is -0.139. The van der Waals surface area contributed by atoms with Gasteiger partial charge in [-0.3, -0.25) is 9.59 Å². The number of unbranched alkanes of at least 4 members (excludes halogenated alkanes) is 23. The molecule has 0 aliphatic rings. The maximum atomic E-state index is 13.0. The standard InChI is InChI=1S/C42H76N4O2/c1-3-5-7-9-11-13-15-17-19-21-23-25-27-29-31-33-35-44-42(48)40(36-39-37-43-38-45-39)46-41(47)34-32-30-28-26-24-22-20-18-16-14-12-10-8-6-4-2/h17-20,37-38,40H,3-16,21-36H2,1-2H3,(H,43,45)(H,44,48)(H,46,47).